The smallest absolute Gasteiger partial charge is 0.173 e. The second-order valence-corrected chi connectivity index (χ2v) is 11.6. The maximum atomic E-state index is 15.0. The fourth-order valence-electron chi connectivity index (χ4n) is 4.63. The first-order valence-electron chi connectivity index (χ1n) is 13.1. The van der Waals surface area contributed by atoms with Gasteiger partial charge in [0.15, 0.2) is 5.16 Å². The van der Waals surface area contributed by atoms with Crippen molar-refractivity contribution in [1.82, 2.24) is 9.55 Å². The highest BCUT2D eigenvalue weighted by Gasteiger charge is 2.30. The van der Waals surface area contributed by atoms with Gasteiger partial charge >= 0.3 is 0 Å². The summed E-state index contributed by atoms with van der Waals surface area (Å²) in [6, 6.07) is 14.3. The molecule has 0 saturated carbocycles. The van der Waals surface area contributed by atoms with Crippen LogP contribution in [0.2, 0.25) is 5.02 Å². The van der Waals surface area contributed by atoms with Crippen LogP contribution < -0.4 is 10.5 Å². The first kappa shape index (κ1) is 30.5. The van der Waals surface area contributed by atoms with Gasteiger partial charge in [-0.25, -0.2) is 18.2 Å². The SMILES string of the molecule is COc1cc(C(C)(C)c2cnc(SCc3c(F)cc(CCCCC(=N)N)cc3F)n2-c2ccc(F)cc2)ccc1Cl. The van der Waals surface area contributed by atoms with Gasteiger partial charge in [-0.15, -0.1) is 0 Å². The number of imidazole rings is 1. The Labute approximate surface area is 247 Å². The first-order chi connectivity index (χ1) is 19.5. The summed E-state index contributed by atoms with van der Waals surface area (Å²) in [5, 5.41) is 8.29. The molecule has 10 heteroatoms. The lowest BCUT2D eigenvalue weighted by atomic mass is 9.81. The molecule has 0 bridgehead atoms. The zero-order valence-electron chi connectivity index (χ0n) is 23.1. The first-order valence-corrected chi connectivity index (χ1v) is 14.5. The number of aryl methyl sites for hydroxylation is 1. The number of hydrogen-bond acceptors (Lipinski definition) is 4. The van der Waals surface area contributed by atoms with Gasteiger partial charge < -0.3 is 10.5 Å². The maximum Gasteiger partial charge on any atom is 0.173 e. The molecular formula is C31H32ClF3N4OS. The third-order valence-corrected chi connectivity index (χ3v) is 8.33. The van der Waals surface area contributed by atoms with Gasteiger partial charge in [0.05, 0.1) is 29.9 Å². The van der Waals surface area contributed by atoms with Crippen molar-refractivity contribution in [2.75, 3.05) is 7.11 Å². The average molecular weight is 601 g/mol. The van der Waals surface area contributed by atoms with Gasteiger partial charge in [0.1, 0.15) is 23.2 Å². The van der Waals surface area contributed by atoms with Gasteiger partial charge in [0.2, 0.25) is 0 Å². The Bertz CT molecular complexity index is 1520. The van der Waals surface area contributed by atoms with E-state index in [-0.39, 0.29) is 23.0 Å². The van der Waals surface area contributed by atoms with Crippen LogP contribution in [-0.2, 0) is 17.6 Å². The summed E-state index contributed by atoms with van der Waals surface area (Å²) in [5.41, 5.74) is 7.66. The summed E-state index contributed by atoms with van der Waals surface area (Å²) in [6.45, 7) is 4.05. The highest BCUT2D eigenvalue weighted by atomic mass is 35.5. The minimum Gasteiger partial charge on any atom is -0.495 e. The monoisotopic (exact) mass is 600 g/mol. The minimum atomic E-state index is -0.618. The van der Waals surface area contributed by atoms with Gasteiger partial charge in [-0.3, -0.25) is 9.98 Å². The molecule has 0 aliphatic carbocycles. The number of nitrogens with zero attached hydrogens (tertiary/aromatic N) is 2. The third kappa shape index (κ3) is 7.08. The molecule has 0 amide bonds. The molecule has 4 aromatic rings. The number of rotatable bonds is 12. The van der Waals surface area contributed by atoms with Crippen LogP contribution in [-0.4, -0.2) is 22.5 Å². The number of ether oxygens (including phenoxy) is 1. The molecule has 0 aliphatic rings. The fourth-order valence-corrected chi connectivity index (χ4v) is 5.84. The van der Waals surface area contributed by atoms with E-state index in [9.17, 15) is 4.39 Å². The summed E-state index contributed by atoms with van der Waals surface area (Å²) in [5.74, 6) is -0.965. The van der Waals surface area contributed by atoms with E-state index in [4.69, 9.17) is 27.5 Å². The molecule has 3 aromatic carbocycles. The number of methoxy groups -OCH3 is 1. The molecule has 0 aliphatic heterocycles. The summed E-state index contributed by atoms with van der Waals surface area (Å²) >= 11 is 7.46. The van der Waals surface area contributed by atoms with Crippen molar-refractivity contribution >= 4 is 29.2 Å². The van der Waals surface area contributed by atoms with Crippen molar-refractivity contribution < 1.29 is 17.9 Å². The van der Waals surface area contributed by atoms with Crippen molar-refractivity contribution in [3.05, 3.63) is 106 Å². The number of thioether (sulfide) groups is 1. The van der Waals surface area contributed by atoms with Gasteiger partial charge in [0, 0.05) is 28.8 Å². The number of hydrogen-bond donors (Lipinski definition) is 2. The minimum absolute atomic E-state index is 0.00906. The predicted molar refractivity (Wildman–Crippen MR) is 159 cm³/mol. The van der Waals surface area contributed by atoms with Crippen molar-refractivity contribution in [2.45, 2.75) is 55.9 Å². The van der Waals surface area contributed by atoms with Crippen LogP contribution in [0.1, 0.15) is 55.5 Å². The maximum absolute atomic E-state index is 15.0. The second kappa shape index (κ2) is 13.0. The Morgan fingerprint density at radius 1 is 1.05 bits per heavy atom. The van der Waals surface area contributed by atoms with E-state index >= 15 is 8.78 Å². The number of halogens is 4. The van der Waals surface area contributed by atoms with Crippen LogP contribution in [0.25, 0.3) is 5.69 Å². The number of amidine groups is 1. The molecule has 0 atom stereocenters. The lowest BCUT2D eigenvalue weighted by Crippen LogP contribution is -2.23. The van der Waals surface area contributed by atoms with Crippen molar-refractivity contribution in [3.8, 4) is 11.4 Å². The number of aromatic nitrogens is 2. The largest absolute Gasteiger partial charge is 0.495 e. The van der Waals surface area contributed by atoms with E-state index in [1.54, 1.807) is 31.5 Å². The van der Waals surface area contributed by atoms with Crippen LogP contribution in [0.5, 0.6) is 5.75 Å². The summed E-state index contributed by atoms with van der Waals surface area (Å²) in [4.78, 5) is 4.63. The summed E-state index contributed by atoms with van der Waals surface area (Å²) < 4.78 is 51.2. The molecule has 1 aromatic heterocycles. The third-order valence-electron chi connectivity index (χ3n) is 7.04. The van der Waals surface area contributed by atoms with E-state index in [1.807, 2.05) is 30.5 Å². The van der Waals surface area contributed by atoms with Crippen molar-refractivity contribution in [1.29, 1.82) is 5.41 Å². The zero-order chi connectivity index (χ0) is 29.7. The number of unbranched alkanes of at least 4 members (excludes halogenated alkanes) is 1. The lowest BCUT2D eigenvalue weighted by molar-refractivity contribution is 0.413. The molecule has 1 heterocycles. The normalized spacial score (nSPS) is 11.6. The number of benzene rings is 3. The molecule has 0 radical (unpaired) electrons. The Morgan fingerprint density at radius 2 is 1.73 bits per heavy atom. The quantitative estimate of drug-likeness (QED) is 0.0743. The van der Waals surface area contributed by atoms with Gasteiger partial charge in [-0.05, 0) is 78.9 Å². The Morgan fingerprint density at radius 3 is 2.37 bits per heavy atom. The Balaban J connectivity index is 1.65. The molecule has 5 nitrogen and oxygen atoms in total. The van der Waals surface area contributed by atoms with E-state index < -0.39 is 17.0 Å². The van der Waals surface area contributed by atoms with Crippen LogP contribution in [0.15, 0.2) is 66.0 Å². The predicted octanol–water partition coefficient (Wildman–Crippen LogP) is 8.22. The number of nitrogens with two attached hydrogens (primary N) is 1. The average Bonchev–Trinajstić information content (AvgIpc) is 3.36. The highest BCUT2D eigenvalue weighted by Crippen LogP contribution is 2.39. The highest BCUT2D eigenvalue weighted by molar-refractivity contribution is 7.98. The molecule has 4 rings (SSSR count). The molecule has 0 spiro atoms. The van der Waals surface area contributed by atoms with E-state index in [0.717, 1.165) is 11.3 Å². The van der Waals surface area contributed by atoms with Crippen molar-refractivity contribution in [2.24, 2.45) is 5.73 Å². The van der Waals surface area contributed by atoms with Gasteiger partial charge in [-0.2, -0.15) is 0 Å². The van der Waals surface area contributed by atoms with Crippen LogP contribution in [0.4, 0.5) is 13.2 Å². The summed E-state index contributed by atoms with van der Waals surface area (Å²) in [6.07, 6.45) is 4.05. The molecular weight excluding hydrogens is 569 g/mol. The second-order valence-electron chi connectivity index (χ2n) is 10.3. The van der Waals surface area contributed by atoms with E-state index in [2.05, 4.69) is 4.98 Å². The van der Waals surface area contributed by atoms with Crippen molar-refractivity contribution in [3.63, 3.8) is 0 Å². The zero-order valence-corrected chi connectivity index (χ0v) is 24.7. The van der Waals surface area contributed by atoms with E-state index in [0.29, 0.717) is 52.9 Å². The molecule has 0 saturated heterocycles. The van der Waals surface area contributed by atoms with E-state index in [1.165, 1.54) is 36.0 Å². The van der Waals surface area contributed by atoms with Crippen LogP contribution in [0.3, 0.4) is 0 Å². The van der Waals surface area contributed by atoms with Gasteiger partial charge in [0.25, 0.3) is 0 Å². The Hall–Kier alpha value is -3.43. The molecule has 0 fully saturated rings. The molecule has 41 heavy (non-hydrogen) atoms. The lowest BCUT2D eigenvalue weighted by Gasteiger charge is -2.28. The fraction of sp³-hybridized carbons (Fsp3) is 0.290. The number of nitrogens with one attached hydrogen (secondary N) is 1. The topological polar surface area (TPSA) is 76.9 Å². The molecule has 216 valence electrons. The standard InChI is InChI=1S/C31H32ClF3N4OS/c1-31(2,20-8-13-24(32)27(16-20)40-3)28-17-38-30(39(28)22-11-9-21(33)10-12-22)41-18-23-25(34)14-19(15-26(23)35)6-4-5-7-29(36)37/h8-17H,4-7,18H2,1-3H3,(H3,36,37). The van der Waals surface area contributed by atoms with Crippen LogP contribution in [0, 0.1) is 22.9 Å². The summed E-state index contributed by atoms with van der Waals surface area (Å²) in [7, 11) is 1.55. The molecule has 3 N–H and O–H groups in total. The van der Waals surface area contributed by atoms with Gasteiger partial charge in [-0.1, -0.05) is 43.3 Å². The van der Waals surface area contributed by atoms with Crippen LogP contribution >= 0.6 is 23.4 Å². The molecule has 0 unspecified atom stereocenters. The Kier molecular flexibility index (Phi) is 9.71.